The van der Waals surface area contributed by atoms with E-state index in [4.69, 9.17) is 4.74 Å². The van der Waals surface area contributed by atoms with Gasteiger partial charge in [0, 0.05) is 6.04 Å². The van der Waals surface area contributed by atoms with E-state index < -0.39 is 0 Å². The number of nitrogens with one attached hydrogen (secondary N) is 1. The molecule has 0 aliphatic rings. The molecule has 0 aromatic heterocycles. The Labute approximate surface area is 148 Å². The number of benzene rings is 2. The van der Waals surface area contributed by atoms with Crippen LogP contribution in [0, 0.1) is 0 Å². The third-order valence-corrected chi connectivity index (χ3v) is 3.49. The molecular weight excluding hydrogens is 354 g/mol. The number of esters is 1. The smallest absolute Gasteiger partial charge is 0.319 e. The van der Waals surface area contributed by atoms with Gasteiger partial charge in [-0.3, -0.25) is 4.79 Å². The maximum Gasteiger partial charge on any atom is 0.319 e. The highest BCUT2D eigenvalue weighted by Gasteiger charge is 2.12. The highest BCUT2D eigenvalue weighted by molar-refractivity contribution is 8.93. The van der Waals surface area contributed by atoms with Gasteiger partial charge in [-0.2, -0.15) is 0 Å². The molecule has 0 saturated carbocycles. The summed E-state index contributed by atoms with van der Waals surface area (Å²) in [6, 6.07) is 20.9. The zero-order chi connectivity index (χ0) is 15.6. The lowest BCUT2D eigenvalue weighted by Gasteiger charge is -2.18. The van der Waals surface area contributed by atoms with Gasteiger partial charge in [0.15, 0.2) is 0 Å². The van der Waals surface area contributed by atoms with Gasteiger partial charge in [-0.15, -0.1) is 17.0 Å². The minimum atomic E-state index is -0.200. The Hall–Kier alpha value is -1.65. The minimum Gasteiger partial charge on any atom is -0.465 e. The second-order valence-corrected chi connectivity index (χ2v) is 5.26. The van der Waals surface area contributed by atoms with Gasteiger partial charge in [-0.05, 0) is 30.9 Å². The Morgan fingerprint density at radius 3 is 1.87 bits per heavy atom. The van der Waals surface area contributed by atoms with Crippen LogP contribution in [0.15, 0.2) is 60.7 Å². The van der Waals surface area contributed by atoms with E-state index in [1.165, 1.54) is 11.1 Å². The fourth-order valence-corrected chi connectivity index (χ4v) is 2.45. The summed E-state index contributed by atoms with van der Waals surface area (Å²) >= 11 is 0. The third kappa shape index (κ3) is 7.44. The van der Waals surface area contributed by atoms with Crippen molar-refractivity contribution >= 4 is 23.0 Å². The summed E-state index contributed by atoms with van der Waals surface area (Å²) in [7, 11) is 0. The van der Waals surface area contributed by atoms with E-state index in [0.29, 0.717) is 6.61 Å². The summed E-state index contributed by atoms with van der Waals surface area (Å²) in [5.74, 6) is -0.200. The first kappa shape index (κ1) is 19.4. The van der Waals surface area contributed by atoms with Crippen molar-refractivity contribution in [2.75, 3.05) is 13.2 Å². The molecule has 0 bridgehead atoms. The number of carbonyl (C=O) groups is 1. The van der Waals surface area contributed by atoms with Crippen LogP contribution in [0.25, 0.3) is 0 Å². The predicted octanol–water partition coefficient (Wildman–Crippen LogP) is 3.57. The zero-order valence-corrected chi connectivity index (χ0v) is 15.1. The van der Waals surface area contributed by atoms with E-state index in [2.05, 4.69) is 29.6 Å². The molecule has 0 unspecified atom stereocenters. The van der Waals surface area contributed by atoms with Crippen LogP contribution in [0.1, 0.15) is 18.1 Å². The molecule has 124 valence electrons. The molecule has 23 heavy (non-hydrogen) atoms. The first-order chi connectivity index (χ1) is 10.8. The highest BCUT2D eigenvalue weighted by atomic mass is 79.9. The van der Waals surface area contributed by atoms with E-state index in [1.807, 2.05) is 43.3 Å². The Kier molecular flexibility index (Phi) is 9.25. The molecular formula is C19H24BrNO2. The SMILES string of the molecule is Br.CCOC(=O)CNC(Cc1ccccc1)Cc1ccccc1. The maximum atomic E-state index is 11.6. The lowest BCUT2D eigenvalue weighted by atomic mass is 9.99. The van der Waals surface area contributed by atoms with E-state index in [9.17, 15) is 4.79 Å². The van der Waals surface area contributed by atoms with E-state index in [1.54, 1.807) is 0 Å². The van der Waals surface area contributed by atoms with Gasteiger partial charge in [0.05, 0.1) is 13.2 Å². The van der Waals surface area contributed by atoms with Crippen molar-refractivity contribution in [2.45, 2.75) is 25.8 Å². The molecule has 3 nitrogen and oxygen atoms in total. The molecule has 0 radical (unpaired) electrons. The predicted molar refractivity (Wildman–Crippen MR) is 99.0 cm³/mol. The summed E-state index contributed by atoms with van der Waals surface area (Å²) < 4.78 is 4.99. The largest absolute Gasteiger partial charge is 0.465 e. The zero-order valence-electron chi connectivity index (χ0n) is 13.4. The maximum absolute atomic E-state index is 11.6. The molecule has 2 aromatic rings. The molecule has 2 rings (SSSR count). The van der Waals surface area contributed by atoms with Crippen LogP contribution in [0.3, 0.4) is 0 Å². The number of carbonyl (C=O) groups excluding carboxylic acids is 1. The third-order valence-electron chi connectivity index (χ3n) is 3.49. The lowest BCUT2D eigenvalue weighted by molar-refractivity contribution is -0.142. The molecule has 0 atom stereocenters. The van der Waals surface area contributed by atoms with Crippen LogP contribution < -0.4 is 5.32 Å². The Morgan fingerprint density at radius 2 is 1.43 bits per heavy atom. The molecule has 0 aliphatic carbocycles. The monoisotopic (exact) mass is 377 g/mol. The van der Waals surface area contributed by atoms with Crippen molar-refractivity contribution in [1.29, 1.82) is 0 Å². The van der Waals surface area contributed by atoms with E-state index >= 15 is 0 Å². The van der Waals surface area contributed by atoms with Crippen LogP contribution in [-0.2, 0) is 22.4 Å². The fourth-order valence-electron chi connectivity index (χ4n) is 2.45. The fraction of sp³-hybridized carbons (Fsp3) is 0.316. The lowest BCUT2D eigenvalue weighted by Crippen LogP contribution is -2.37. The molecule has 0 spiro atoms. The van der Waals surface area contributed by atoms with Gasteiger partial charge in [-0.25, -0.2) is 0 Å². The van der Waals surface area contributed by atoms with Crippen LogP contribution >= 0.6 is 17.0 Å². The van der Waals surface area contributed by atoms with Crippen molar-refractivity contribution in [3.8, 4) is 0 Å². The van der Waals surface area contributed by atoms with Crippen LogP contribution in [0.5, 0.6) is 0 Å². The van der Waals surface area contributed by atoms with Gasteiger partial charge >= 0.3 is 5.97 Å². The summed E-state index contributed by atoms with van der Waals surface area (Å²) in [5, 5.41) is 3.33. The van der Waals surface area contributed by atoms with Crippen molar-refractivity contribution in [1.82, 2.24) is 5.32 Å². The highest BCUT2D eigenvalue weighted by Crippen LogP contribution is 2.09. The van der Waals surface area contributed by atoms with Crippen molar-refractivity contribution < 1.29 is 9.53 Å². The van der Waals surface area contributed by atoms with E-state index in [-0.39, 0.29) is 35.5 Å². The standard InChI is InChI=1S/C19H23NO2.BrH/c1-2-22-19(21)15-20-18(13-16-9-5-3-6-10-16)14-17-11-7-4-8-12-17;/h3-12,18,20H,2,13-15H2,1H3;1H. The average molecular weight is 378 g/mol. The van der Waals surface area contributed by atoms with Crippen LogP contribution in [0.4, 0.5) is 0 Å². The second-order valence-electron chi connectivity index (χ2n) is 5.26. The Balaban J connectivity index is 0.00000264. The number of hydrogen-bond acceptors (Lipinski definition) is 3. The summed E-state index contributed by atoms with van der Waals surface area (Å²) in [6.45, 7) is 2.49. The van der Waals surface area contributed by atoms with Gasteiger partial charge in [0.25, 0.3) is 0 Å². The van der Waals surface area contributed by atoms with Crippen molar-refractivity contribution in [2.24, 2.45) is 0 Å². The molecule has 0 heterocycles. The van der Waals surface area contributed by atoms with E-state index in [0.717, 1.165) is 12.8 Å². The van der Waals surface area contributed by atoms with Gasteiger partial charge in [0.1, 0.15) is 0 Å². The molecule has 1 N–H and O–H groups in total. The Bertz CT molecular complexity index is 519. The van der Waals surface area contributed by atoms with Crippen molar-refractivity contribution in [3.63, 3.8) is 0 Å². The molecule has 0 saturated heterocycles. The quantitative estimate of drug-likeness (QED) is 0.714. The molecule has 0 fully saturated rings. The minimum absolute atomic E-state index is 0. The summed E-state index contributed by atoms with van der Waals surface area (Å²) in [4.78, 5) is 11.6. The van der Waals surface area contributed by atoms with Gasteiger partial charge in [0.2, 0.25) is 0 Å². The topological polar surface area (TPSA) is 38.3 Å². The second kappa shape index (κ2) is 11.0. The van der Waals surface area contributed by atoms with Gasteiger partial charge < -0.3 is 10.1 Å². The molecule has 2 aromatic carbocycles. The normalized spacial score (nSPS) is 10.2. The first-order valence-corrected chi connectivity index (χ1v) is 7.74. The number of ether oxygens (including phenoxy) is 1. The Morgan fingerprint density at radius 1 is 0.957 bits per heavy atom. The van der Waals surface area contributed by atoms with Crippen molar-refractivity contribution in [3.05, 3.63) is 71.8 Å². The number of halogens is 1. The average Bonchev–Trinajstić information content (AvgIpc) is 2.55. The number of rotatable bonds is 8. The first-order valence-electron chi connectivity index (χ1n) is 7.74. The van der Waals surface area contributed by atoms with Gasteiger partial charge in [-0.1, -0.05) is 60.7 Å². The molecule has 0 amide bonds. The summed E-state index contributed by atoms with van der Waals surface area (Å²) in [5.41, 5.74) is 2.53. The molecule has 0 aliphatic heterocycles. The number of hydrogen-bond donors (Lipinski definition) is 1. The van der Waals surface area contributed by atoms with Crippen LogP contribution in [0.2, 0.25) is 0 Å². The summed E-state index contributed by atoms with van der Waals surface area (Å²) in [6.07, 6.45) is 1.77. The molecule has 4 heteroatoms. The van der Waals surface area contributed by atoms with Crippen LogP contribution in [-0.4, -0.2) is 25.2 Å².